The Kier molecular flexibility index (Phi) is 3.90. The Hall–Kier alpha value is -1.93. The summed E-state index contributed by atoms with van der Waals surface area (Å²) in [6.07, 6.45) is 0.954. The zero-order chi connectivity index (χ0) is 13.0. The average Bonchev–Trinajstić information content (AvgIpc) is 2.88. The van der Waals surface area contributed by atoms with E-state index in [2.05, 4.69) is 15.7 Å². The number of pyridine rings is 1. The normalized spacial score (nSPS) is 18.6. The number of ether oxygens (including phenoxy) is 1. The van der Waals surface area contributed by atoms with Gasteiger partial charge in [0, 0.05) is 25.1 Å². The van der Waals surface area contributed by atoms with Gasteiger partial charge in [-0.05, 0) is 12.5 Å². The van der Waals surface area contributed by atoms with Gasteiger partial charge in [0.25, 0.3) is 0 Å². The lowest BCUT2D eigenvalue weighted by Gasteiger charge is -2.11. The van der Waals surface area contributed by atoms with Crippen LogP contribution in [0.1, 0.15) is 6.42 Å². The van der Waals surface area contributed by atoms with Crippen molar-refractivity contribution in [2.75, 3.05) is 30.5 Å². The summed E-state index contributed by atoms with van der Waals surface area (Å²) in [4.78, 5) is 14.4. The molecule has 2 rings (SSSR count). The topological polar surface area (TPSA) is 115 Å². The third-order valence-electron chi connectivity index (χ3n) is 2.80. The van der Waals surface area contributed by atoms with Crippen LogP contribution in [0.5, 0.6) is 0 Å². The number of nitrogens with two attached hydrogens (primary N) is 1. The van der Waals surface area contributed by atoms with Crippen LogP contribution in [0.3, 0.4) is 0 Å². The van der Waals surface area contributed by atoms with E-state index in [1.54, 1.807) is 0 Å². The number of hydrogen-bond acceptors (Lipinski definition) is 7. The molecule has 1 unspecified atom stereocenters. The molecule has 0 aromatic carbocycles. The smallest absolute Gasteiger partial charge is 0.311 e. The molecule has 0 saturated carbocycles. The number of hydrazine groups is 1. The van der Waals surface area contributed by atoms with Gasteiger partial charge >= 0.3 is 5.69 Å². The molecule has 1 saturated heterocycles. The summed E-state index contributed by atoms with van der Waals surface area (Å²) in [7, 11) is 0. The van der Waals surface area contributed by atoms with Crippen molar-refractivity contribution in [2.45, 2.75) is 6.42 Å². The van der Waals surface area contributed by atoms with E-state index in [1.165, 1.54) is 12.1 Å². The van der Waals surface area contributed by atoms with Crippen LogP contribution in [0.2, 0.25) is 0 Å². The van der Waals surface area contributed by atoms with E-state index in [0.717, 1.165) is 13.0 Å². The van der Waals surface area contributed by atoms with Gasteiger partial charge in [0.2, 0.25) is 5.82 Å². The fourth-order valence-corrected chi connectivity index (χ4v) is 1.79. The number of hydrogen-bond donors (Lipinski definition) is 3. The van der Waals surface area contributed by atoms with Crippen molar-refractivity contribution in [3.05, 3.63) is 22.2 Å². The lowest BCUT2D eigenvalue weighted by molar-refractivity contribution is -0.384. The Bertz CT molecular complexity index is 434. The first-order chi connectivity index (χ1) is 8.70. The number of aromatic nitrogens is 1. The van der Waals surface area contributed by atoms with Crippen LogP contribution < -0.4 is 16.6 Å². The summed E-state index contributed by atoms with van der Waals surface area (Å²) >= 11 is 0. The van der Waals surface area contributed by atoms with E-state index in [4.69, 9.17) is 10.6 Å². The van der Waals surface area contributed by atoms with Crippen LogP contribution in [-0.2, 0) is 4.74 Å². The van der Waals surface area contributed by atoms with Gasteiger partial charge < -0.3 is 15.5 Å². The first kappa shape index (κ1) is 12.5. The molecule has 18 heavy (non-hydrogen) atoms. The number of nitrogens with zero attached hydrogens (tertiary/aromatic N) is 2. The Morgan fingerprint density at radius 1 is 1.61 bits per heavy atom. The van der Waals surface area contributed by atoms with Crippen LogP contribution in [-0.4, -0.2) is 29.7 Å². The van der Waals surface area contributed by atoms with Crippen molar-refractivity contribution in [2.24, 2.45) is 11.8 Å². The minimum atomic E-state index is -0.471. The van der Waals surface area contributed by atoms with E-state index in [-0.39, 0.29) is 11.5 Å². The van der Waals surface area contributed by atoms with Gasteiger partial charge in [-0.3, -0.25) is 10.1 Å². The molecule has 4 N–H and O–H groups in total. The summed E-state index contributed by atoms with van der Waals surface area (Å²) in [5, 5.41) is 13.8. The lowest BCUT2D eigenvalue weighted by Crippen LogP contribution is -2.17. The van der Waals surface area contributed by atoms with Gasteiger partial charge in [-0.2, -0.15) is 0 Å². The first-order valence-corrected chi connectivity index (χ1v) is 5.64. The molecule has 8 nitrogen and oxygen atoms in total. The van der Waals surface area contributed by atoms with Crippen molar-refractivity contribution in [1.82, 2.24) is 4.98 Å². The fourth-order valence-electron chi connectivity index (χ4n) is 1.79. The average molecular weight is 253 g/mol. The number of nitrogens with one attached hydrogen (secondary N) is 2. The second kappa shape index (κ2) is 5.61. The Balaban J connectivity index is 2.10. The molecule has 1 fully saturated rings. The molecule has 0 amide bonds. The number of anilines is 2. The zero-order valence-electron chi connectivity index (χ0n) is 9.76. The molecule has 8 heteroatoms. The molecule has 1 aromatic heterocycles. The van der Waals surface area contributed by atoms with Crippen molar-refractivity contribution < 1.29 is 9.66 Å². The summed E-state index contributed by atoms with van der Waals surface area (Å²) in [5.41, 5.74) is 2.30. The second-order valence-corrected chi connectivity index (χ2v) is 4.08. The van der Waals surface area contributed by atoms with E-state index in [0.29, 0.717) is 24.9 Å². The Labute approximate surface area is 104 Å². The molecular weight excluding hydrogens is 238 g/mol. The third kappa shape index (κ3) is 2.84. The minimum absolute atomic E-state index is 0.0621. The third-order valence-corrected chi connectivity index (χ3v) is 2.80. The van der Waals surface area contributed by atoms with Gasteiger partial charge in [0.1, 0.15) is 5.82 Å². The van der Waals surface area contributed by atoms with Crippen LogP contribution in [0.25, 0.3) is 0 Å². The van der Waals surface area contributed by atoms with Crippen LogP contribution >= 0.6 is 0 Å². The lowest BCUT2D eigenvalue weighted by atomic mass is 10.1. The summed E-state index contributed by atoms with van der Waals surface area (Å²) in [5.74, 6) is 6.20. The molecule has 1 aliphatic rings. The van der Waals surface area contributed by atoms with Crippen molar-refractivity contribution in [3.63, 3.8) is 0 Å². The standard InChI is InChI=1S/C10H15N5O3/c11-14-9-2-1-8(15(16)17)10(13-9)12-5-7-3-4-18-6-7/h1-2,7H,3-6,11H2,(H2,12,13,14). The SMILES string of the molecule is NNc1ccc([N+](=O)[O-])c(NCC2CCOC2)n1. The van der Waals surface area contributed by atoms with Gasteiger partial charge in [-0.15, -0.1) is 0 Å². The first-order valence-electron chi connectivity index (χ1n) is 5.64. The molecule has 2 heterocycles. The van der Waals surface area contributed by atoms with Crippen molar-refractivity contribution >= 4 is 17.3 Å². The fraction of sp³-hybridized carbons (Fsp3) is 0.500. The highest BCUT2D eigenvalue weighted by Gasteiger charge is 2.19. The molecule has 1 aromatic rings. The van der Waals surface area contributed by atoms with E-state index in [9.17, 15) is 10.1 Å². The summed E-state index contributed by atoms with van der Waals surface area (Å²) in [6.45, 7) is 2.02. The van der Waals surface area contributed by atoms with Crippen LogP contribution in [0.15, 0.2) is 12.1 Å². The monoisotopic (exact) mass is 253 g/mol. The maximum Gasteiger partial charge on any atom is 0.311 e. The molecule has 0 radical (unpaired) electrons. The second-order valence-electron chi connectivity index (χ2n) is 4.08. The summed E-state index contributed by atoms with van der Waals surface area (Å²) in [6, 6.07) is 2.83. The quantitative estimate of drug-likeness (QED) is 0.402. The van der Waals surface area contributed by atoms with Gasteiger partial charge in [0.15, 0.2) is 0 Å². The highest BCUT2D eigenvalue weighted by Crippen LogP contribution is 2.24. The van der Waals surface area contributed by atoms with E-state index in [1.807, 2.05) is 0 Å². The van der Waals surface area contributed by atoms with E-state index < -0.39 is 4.92 Å². The van der Waals surface area contributed by atoms with Gasteiger partial charge in [-0.1, -0.05) is 0 Å². The van der Waals surface area contributed by atoms with Crippen molar-refractivity contribution in [1.29, 1.82) is 0 Å². The number of nitro groups is 1. The molecule has 98 valence electrons. The highest BCUT2D eigenvalue weighted by atomic mass is 16.6. The van der Waals surface area contributed by atoms with Gasteiger partial charge in [0.05, 0.1) is 11.5 Å². The zero-order valence-corrected chi connectivity index (χ0v) is 9.76. The van der Waals surface area contributed by atoms with Crippen LogP contribution in [0, 0.1) is 16.0 Å². The predicted octanol–water partition coefficient (Wildman–Crippen LogP) is 0.724. The maximum atomic E-state index is 10.9. The molecule has 0 bridgehead atoms. The largest absolute Gasteiger partial charge is 0.381 e. The molecule has 1 aliphatic heterocycles. The molecular formula is C10H15N5O3. The highest BCUT2D eigenvalue weighted by molar-refractivity contribution is 5.59. The van der Waals surface area contributed by atoms with Gasteiger partial charge in [-0.25, -0.2) is 10.8 Å². The Morgan fingerprint density at radius 3 is 3.06 bits per heavy atom. The maximum absolute atomic E-state index is 10.9. The predicted molar refractivity (Wildman–Crippen MR) is 66.1 cm³/mol. The van der Waals surface area contributed by atoms with Crippen LogP contribution in [0.4, 0.5) is 17.3 Å². The number of nitrogen functional groups attached to an aromatic ring is 1. The minimum Gasteiger partial charge on any atom is -0.381 e. The number of rotatable bonds is 5. The molecule has 1 atom stereocenters. The summed E-state index contributed by atoms with van der Waals surface area (Å²) < 4.78 is 5.24. The molecule has 0 aliphatic carbocycles. The van der Waals surface area contributed by atoms with E-state index >= 15 is 0 Å². The molecule has 0 spiro atoms. The van der Waals surface area contributed by atoms with Crippen molar-refractivity contribution in [3.8, 4) is 0 Å². The Morgan fingerprint density at radius 2 is 2.44 bits per heavy atom.